The van der Waals surface area contributed by atoms with Crippen LogP contribution in [0.4, 0.5) is 0 Å². The summed E-state index contributed by atoms with van der Waals surface area (Å²) >= 11 is -2.17. The number of fused-ring (bicyclic) bond motifs is 1. The quantitative estimate of drug-likeness (QED) is 0.630. The van der Waals surface area contributed by atoms with E-state index in [-0.39, 0.29) is 5.54 Å². The van der Waals surface area contributed by atoms with E-state index >= 15 is 0 Å². The molecule has 2 aromatic rings. The Morgan fingerprint density at radius 1 is 1.45 bits per heavy atom. The molecule has 3 rings (SSSR count). The van der Waals surface area contributed by atoms with Crippen LogP contribution in [0.5, 0.6) is 0 Å². The van der Waals surface area contributed by atoms with E-state index in [1.54, 1.807) is 0 Å². The summed E-state index contributed by atoms with van der Waals surface area (Å²) in [6.45, 7) is 3.16. The Kier molecular flexibility index (Phi) is 3.54. The molecule has 2 heterocycles. The molecule has 1 unspecified atom stereocenters. The van der Waals surface area contributed by atoms with Crippen molar-refractivity contribution in [2.75, 3.05) is 6.54 Å². The molecule has 106 valence electrons. The van der Waals surface area contributed by atoms with Gasteiger partial charge in [0.1, 0.15) is 5.52 Å². The van der Waals surface area contributed by atoms with Crippen LogP contribution in [0.25, 0.3) is 10.9 Å². The topological polar surface area (TPSA) is 60.1 Å². The molecule has 5 nitrogen and oxygen atoms in total. The van der Waals surface area contributed by atoms with E-state index in [9.17, 15) is 8.76 Å². The first kappa shape index (κ1) is 13.6. The van der Waals surface area contributed by atoms with E-state index in [0.717, 1.165) is 23.7 Å². The molecule has 0 amide bonds. The summed E-state index contributed by atoms with van der Waals surface area (Å²) in [6.07, 6.45) is 3.68. The van der Waals surface area contributed by atoms with Crippen molar-refractivity contribution in [3.05, 3.63) is 36.5 Å². The van der Waals surface area contributed by atoms with Gasteiger partial charge in [-0.15, -0.1) is 0 Å². The Morgan fingerprint density at radius 3 is 3.05 bits per heavy atom. The third-order valence-corrected chi connectivity index (χ3v) is 4.94. The molecule has 1 fully saturated rings. The second-order valence-electron chi connectivity index (χ2n) is 5.49. The maximum Gasteiger partial charge on any atom is 0.197 e. The van der Waals surface area contributed by atoms with Gasteiger partial charge in [-0.3, -0.25) is 4.21 Å². The number of benzene rings is 1. The van der Waals surface area contributed by atoms with Crippen molar-refractivity contribution >= 4 is 22.2 Å². The highest BCUT2D eigenvalue weighted by molar-refractivity contribution is 7.76. The van der Waals surface area contributed by atoms with Crippen LogP contribution in [0.1, 0.15) is 19.8 Å². The molecule has 6 heteroatoms. The Balaban J connectivity index is 1.90. The summed E-state index contributed by atoms with van der Waals surface area (Å²) < 4.78 is 26.0. The van der Waals surface area contributed by atoms with E-state index < -0.39 is 11.3 Å². The van der Waals surface area contributed by atoms with Gasteiger partial charge < -0.3 is 4.55 Å². The lowest BCUT2D eigenvalue weighted by Gasteiger charge is -2.32. The van der Waals surface area contributed by atoms with Crippen molar-refractivity contribution in [3.63, 3.8) is 0 Å². The third kappa shape index (κ3) is 2.46. The lowest BCUT2D eigenvalue weighted by Crippen LogP contribution is -2.54. The van der Waals surface area contributed by atoms with Gasteiger partial charge in [0.25, 0.3) is 0 Å². The van der Waals surface area contributed by atoms with E-state index in [2.05, 4.69) is 5.10 Å². The molecular formula is C14H17N3O2S. The first-order valence-corrected chi connectivity index (χ1v) is 7.74. The van der Waals surface area contributed by atoms with Crippen molar-refractivity contribution in [2.45, 2.75) is 31.8 Å². The maximum absolute atomic E-state index is 11.3. The van der Waals surface area contributed by atoms with Crippen LogP contribution < -0.4 is 4.68 Å². The van der Waals surface area contributed by atoms with Gasteiger partial charge in [0.15, 0.2) is 12.7 Å². The molecule has 0 radical (unpaired) electrons. The van der Waals surface area contributed by atoms with Gasteiger partial charge in [-0.2, -0.15) is 0 Å². The Bertz CT molecular complexity index is 664. The average Bonchev–Trinajstić information content (AvgIpc) is 2.80. The molecule has 0 spiro atoms. The molecule has 1 aromatic carbocycles. The second-order valence-corrected chi connectivity index (χ2v) is 6.37. The zero-order valence-corrected chi connectivity index (χ0v) is 12.2. The van der Waals surface area contributed by atoms with Gasteiger partial charge >= 0.3 is 0 Å². The van der Waals surface area contributed by atoms with Crippen LogP contribution in [-0.2, 0) is 17.8 Å². The summed E-state index contributed by atoms with van der Waals surface area (Å²) in [7, 11) is 0. The lowest BCUT2D eigenvalue weighted by molar-refractivity contribution is -0.759. The standard InChI is InChI=1S/C14H17N3O2S/c1-14(8-4-9-17(14)20(18)19)11-16-10-7-12-5-2-3-6-13(12)15-16/h2-3,5-7,10H,4,8-9,11H2,1H3/t14-/m0/s1. The fourth-order valence-electron chi connectivity index (χ4n) is 2.91. The predicted molar refractivity (Wildman–Crippen MR) is 75.2 cm³/mol. The van der Waals surface area contributed by atoms with Gasteiger partial charge in [0, 0.05) is 34.4 Å². The lowest BCUT2D eigenvalue weighted by atomic mass is 10.0. The van der Waals surface area contributed by atoms with Crippen LogP contribution in [0.2, 0.25) is 0 Å². The molecule has 0 saturated carbocycles. The molecule has 1 aliphatic heterocycles. The van der Waals surface area contributed by atoms with E-state index in [4.69, 9.17) is 0 Å². The zero-order chi connectivity index (χ0) is 14.2. The van der Waals surface area contributed by atoms with Gasteiger partial charge in [0.05, 0.1) is 5.54 Å². The van der Waals surface area contributed by atoms with Crippen molar-refractivity contribution in [1.29, 1.82) is 0 Å². The summed E-state index contributed by atoms with van der Waals surface area (Å²) in [5, 5.41) is 5.65. The third-order valence-electron chi connectivity index (χ3n) is 3.96. The van der Waals surface area contributed by atoms with Crippen molar-refractivity contribution in [1.82, 2.24) is 9.40 Å². The van der Waals surface area contributed by atoms with Crippen molar-refractivity contribution in [3.8, 4) is 0 Å². The summed E-state index contributed by atoms with van der Waals surface area (Å²) in [6, 6.07) is 9.93. The Hall–Kier alpha value is -1.37. The van der Waals surface area contributed by atoms with Crippen LogP contribution in [0, 0.1) is 0 Å². The highest BCUT2D eigenvalue weighted by Crippen LogP contribution is 2.30. The first-order chi connectivity index (χ1) is 9.58. The zero-order valence-electron chi connectivity index (χ0n) is 11.4. The number of nitrogens with zero attached hydrogens (tertiary/aromatic N) is 3. The number of aromatic nitrogens is 2. The smallest absolute Gasteiger partial charge is 0.197 e. The first-order valence-electron chi connectivity index (χ1n) is 6.71. The molecule has 0 aliphatic carbocycles. The molecular weight excluding hydrogens is 274 g/mol. The summed E-state index contributed by atoms with van der Waals surface area (Å²) in [5.74, 6) is 0. The maximum atomic E-state index is 11.3. The monoisotopic (exact) mass is 291 g/mol. The minimum atomic E-state index is -2.17. The molecule has 1 aromatic heterocycles. The van der Waals surface area contributed by atoms with E-state index in [1.807, 2.05) is 48.1 Å². The van der Waals surface area contributed by atoms with Crippen LogP contribution >= 0.6 is 0 Å². The van der Waals surface area contributed by atoms with Gasteiger partial charge in [-0.05, 0) is 25.8 Å². The fraction of sp³-hybridized carbons (Fsp3) is 0.429. The molecule has 1 saturated heterocycles. The van der Waals surface area contributed by atoms with E-state index in [0.29, 0.717) is 13.1 Å². The minimum absolute atomic E-state index is 0.382. The SMILES string of the molecule is C[C@@]1(C[n+]2ccc3ccccc3n2)CCCN1S(=O)[O-]. The molecule has 0 bridgehead atoms. The number of rotatable bonds is 3. The van der Waals surface area contributed by atoms with Gasteiger partial charge in [-0.25, -0.2) is 4.31 Å². The summed E-state index contributed by atoms with van der Waals surface area (Å²) in [5.41, 5.74) is 0.540. The highest BCUT2D eigenvalue weighted by Gasteiger charge is 2.41. The van der Waals surface area contributed by atoms with Crippen LogP contribution in [0.3, 0.4) is 0 Å². The van der Waals surface area contributed by atoms with Crippen molar-refractivity contribution < 1.29 is 13.4 Å². The molecule has 20 heavy (non-hydrogen) atoms. The predicted octanol–water partition coefficient (Wildman–Crippen LogP) is 1.17. The largest absolute Gasteiger partial charge is 0.760 e. The number of hydrogen-bond donors (Lipinski definition) is 0. The van der Waals surface area contributed by atoms with E-state index in [1.165, 1.54) is 4.31 Å². The molecule has 2 atom stereocenters. The average molecular weight is 291 g/mol. The Labute approximate surface area is 120 Å². The van der Waals surface area contributed by atoms with Crippen LogP contribution in [-0.4, -0.2) is 30.2 Å². The molecule has 0 N–H and O–H groups in total. The van der Waals surface area contributed by atoms with Gasteiger partial charge in [0.2, 0.25) is 0 Å². The molecule has 1 aliphatic rings. The summed E-state index contributed by atoms with van der Waals surface area (Å²) in [4.78, 5) is 0. The highest BCUT2D eigenvalue weighted by atomic mass is 32.2. The van der Waals surface area contributed by atoms with Gasteiger partial charge in [-0.1, -0.05) is 22.9 Å². The van der Waals surface area contributed by atoms with Crippen LogP contribution in [0.15, 0.2) is 36.5 Å². The fourth-order valence-corrected chi connectivity index (χ4v) is 3.69. The second kappa shape index (κ2) is 5.20. The minimum Gasteiger partial charge on any atom is -0.760 e. The van der Waals surface area contributed by atoms with Crippen molar-refractivity contribution in [2.24, 2.45) is 0 Å². The number of hydrogen-bond acceptors (Lipinski definition) is 3. The normalized spacial score (nSPS) is 25.1. The Morgan fingerprint density at radius 2 is 2.25 bits per heavy atom.